The first-order chi connectivity index (χ1) is 14.3. The van der Waals surface area contributed by atoms with Gasteiger partial charge in [0.15, 0.2) is 5.06 Å². The van der Waals surface area contributed by atoms with Gasteiger partial charge in [0, 0.05) is 6.54 Å². The predicted octanol–water partition coefficient (Wildman–Crippen LogP) is 2.24. The molecule has 1 aliphatic rings. The van der Waals surface area contributed by atoms with Crippen LogP contribution in [-0.4, -0.2) is 49.5 Å². The molecule has 1 fully saturated rings. The third-order valence-electron chi connectivity index (χ3n) is 4.27. The van der Waals surface area contributed by atoms with Gasteiger partial charge in [0.05, 0.1) is 10.2 Å². The summed E-state index contributed by atoms with van der Waals surface area (Å²) in [6, 6.07) is 7.37. The molecule has 1 amide bonds. The van der Waals surface area contributed by atoms with Crippen LogP contribution in [0.2, 0.25) is 5.15 Å². The fraction of sp³-hybridized carbons (Fsp3) is 0.235. The lowest BCUT2D eigenvalue weighted by Gasteiger charge is -2.15. The van der Waals surface area contributed by atoms with E-state index >= 15 is 0 Å². The molecular weight excluding hydrogens is 470 g/mol. The predicted molar refractivity (Wildman–Crippen MR) is 117 cm³/mol. The number of thiophene rings is 2. The van der Waals surface area contributed by atoms with Gasteiger partial charge in [-0.1, -0.05) is 11.6 Å². The molecule has 3 aromatic heterocycles. The number of nitrogens with one attached hydrogen (secondary N) is 1. The Bertz CT molecular complexity index is 1210. The molecular formula is C17H16ClN5O4S3. The van der Waals surface area contributed by atoms with Crippen LogP contribution in [0.1, 0.15) is 6.42 Å². The lowest BCUT2D eigenvalue weighted by molar-refractivity contribution is -0.128. The summed E-state index contributed by atoms with van der Waals surface area (Å²) in [5, 5.41) is 2.71. The molecule has 3 N–H and O–H groups in total. The van der Waals surface area contributed by atoms with Gasteiger partial charge in [-0.3, -0.25) is 4.79 Å². The van der Waals surface area contributed by atoms with Gasteiger partial charge in [-0.2, -0.15) is 4.72 Å². The Morgan fingerprint density at radius 2 is 2.27 bits per heavy atom. The van der Waals surface area contributed by atoms with Gasteiger partial charge in [-0.15, -0.1) is 22.7 Å². The summed E-state index contributed by atoms with van der Waals surface area (Å²) in [6.45, 7) is 0.338. The van der Waals surface area contributed by atoms with E-state index in [4.69, 9.17) is 22.1 Å². The highest BCUT2D eigenvalue weighted by molar-refractivity contribution is 7.91. The Hall–Kier alpha value is -2.25. The molecule has 4 heterocycles. The Labute approximate surface area is 185 Å². The molecule has 0 spiro atoms. The number of nitrogens with two attached hydrogens (primary N) is 1. The Balaban J connectivity index is 1.40. The lowest BCUT2D eigenvalue weighted by Crippen LogP contribution is -2.41. The third kappa shape index (κ3) is 4.57. The number of rotatable bonds is 6. The fourth-order valence-electron chi connectivity index (χ4n) is 2.85. The highest BCUT2D eigenvalue weighted by Gasteiger charge is 2.35. The van der Waals surface area contributed by atoms with Crippen LogP contribution >= 0.6 is 34.3 Å². The number of aromatic nitrogens is 1. The molecule has 9 nitrogen and oxygen atoms in total. The molecule has 1 saturated heterocycles. The minimum absolute atomic E-state index is 0.0143. The molecule has 158 valence electrons. The number of amidine groups is 1. The number of hydrogen-bond donors (Lipinski definition) is 2. The van der Waals surface area contributed by atoms with Crippen molar-refractivity contribution in [3.05, 3.63) is 40.9 Å². The first-order valence-electron chi connectivity index (χ1n) is 8.70. The van der Waals surface area contributed by atoms with Gasteiger partial charge in [0.2, 0.25) is 5.91 Å². The van der Waals surface area contributed by atoms with Crippen molar-refractivity contribution in [1.29, 1.82) is 0 Å². The Kier molecular flexibility index (Phi) is 5.93. The average molecular weight is 486 g/mol. The van der Waals surface area contributed by atoms with Crippen LogP contribution < -0.4 is 15.2 Å². The summed E-state index contributed by atoms with van der Waals surface area (Å²) >= 11 is 8.29. The molecule has 1 aliphatic heterocycles. The standard InChI is InChI=1S/C17H16ClN5O4S3/c18-13-4-3-12-11(21-13)8-15(29-12)30(25,26)22-10-5-6-23(16(10)24)9-20-17(19)27-14-2-1-7-28-14/h1-4,7-8,10,22H,5-6,9H2,(H2,19,20)/t10-/m0/s1. The molecule has 3 aromatic rings. The summed E-state index contributed by atoms with van der Waals surface area (Å²) in [7, 11) is -3.89. The molecule has 0 radical (unpaired) electrons. The van der Waals surface area contributed by atoms with Crippen LogP contribution in [0.25, 0.3) is 10.2 Å². The molecule has 13 heteroatoms. The molecule has 0 saturated carbocycles. The van der Waals surface area contributed by atoms with Gasteiger partial charge in [-0.05, 0) is 42.1 Å². The molecule has 0 aromatic carbocycles. The van der Waals surface area contributed by atoms with Crippen molar-refractivity contribution in [2.45, 2.75) is 16.7 Å². The number of carbonyl (C=O) groups excluding carboxylic acids is 1. The van der Waals surface area contributed by atoms with Crippen LogP contribution in [0.5, 0.6) is 5.06 Å². The van der Waals surface area contributed by atoms with Crippen LogP contribution in [-0.2, 0) is 14.8 Å². The van der Waals surface area contributed by atoms with Crippen LogP contribution in [0.15, 0.2) is 44.9 Å². The number of amides is 1. The minimum Gasteiger partial charge on any atom is -0.415 e. The second-order valence-electron chi connectivity index (χ2n) is 6.32. The topological polar surface area (TPSA) is 127 Å². The zero-order valence-electron chi connectivity index (χ0n) is 15.3. The summed E-state index contributed by atoms with van der Waals surface area (Å²) < 4.78 is 34.1. The zero-order valence-corrected chi connectivity index (χ0v) is 18.5. The minimum atomic E-state index is -3.89. The maximum atomic E-state index is 12.7. The van der Waals surface area contributed by atoms with E-state index in [1.54, 1.807) is 18.2 Å². The number of ether oxygens (including phenoxy) is 1. The SMILES string of the molecule is NC(=NCN1CC[C@H](NS(=O)(=O)c2cc3nc(Cl)ccc3s2)C1=O)Oc1cccs1. The molecule has 0 bridgehead atoms. The molecule has 0 unspecified atom stereocenters. The Morgan fingerprint density at radius 1 is 1.43 bits per heavy atom. The number of carbonyl (C=O) groups is 1. The summed E-state index contributed by atoms with van der Waals surface area (Å²) in [4.78, 5) is 22.2. The third-order valence-corrected chi connectivity index (χ3v) is 8.26. The number of nitrogens with zero attached hydrogens (tertiary/aromatic N) is 3. The van der Waals surface area contributed by atoms with E-state index in [9.17, 15) is 13.2 Å². The first kappa shape index (κ1) is 21.0. The number of fused-ring (bicyclic) bond motifs is 1. The molecule has 1 atom stereocenters. The zero-order chi connectivity index (χ0) is 21.3. The lowest BCUT2D eigenvalue weighted by atomic mass is 10.3. The van der Waals surface area contributed by atoms with Crippen molar-refractivity contribution in [3.8, 4) is 5.06 Å². The summed E-state index contributed by atoms with van der Waals surface area (Å²) in [5.41, 5.74) is 6.21. The Morgan fingerprint density at radius 3 is 3.03 bits per heavy atom. The summed E-state index contributed by atoms with van der Waals surface area (Å²) in [6.07, 6.45) is 0.328. The van der Waals surface area contributed by atoms with E-state index in [1.165, 1.54) is 22.3 Å². The van der Waals surface area contributed by atoms with Gasteiger partial charge < -0.3 is 15.4 Å². The largest absolute Gasteiger partial charge is 0.415 e. The highest BCUT2D eigenvalue weighted by atomic mass is 35.5. The number of hydrogen-bond acceptors (Lipinski definition) is 8. The van der Waals surface area contributed by atoms with E-state index in [-0.39, 0.29) is 28.0 Å². The van der Waals surface area contributed by atoms with Crippen molar-refractivity contribution in [1.82, 2.24) is 14.6 Å². The van der Waals surface area contributed by atoms with Crippen LogP contribution in [0.4, 0.5) is 0 Å². The monoisotopic (exact) mass is 485 g/mol. The second-order valence-corrected chi connectivity index (χ2v) is 10.6. The normalized spacial score (nSPS) is 17.8. The average Bonchev–Trinajstić information content (AvgIpc) is 3.42. The van der Waals surface area contributed by atoms with E-state index in [0.717, 1.165) is 11.3 Å². The quantitative estimate of drug-likeness (QED) is 0.313. The number of aliphatic imine (C=N–C) groups is 1. The fourth-order valence-corrected chi connectivity index (χ4v) is 6.15. The van der Waals surface area contributed by atoms with Crippen molar-refractivity contribution < 1.29 is 17.9 Å². The highest BCUT2D eigenvalue weighted by Crippen LogP contribution is 2.29. The van der Waals surface area contributed by atoms with Crippen molar-refractivity contribution >= 4 is 66.4 Å². The van der Waals surface area contributed by atoms with E-state index < -0.39 is 16.1 Å². The van der Waals surface area contributed by atoms with Gasteiger partial charge >= 0.3 is 0 Å². The number of pyridine rings is 1. The van der Waals surface area contributed by atoms with Crippen molar-refractivity contribution in [2.24, 2.45) is 10.7 Å². The second kappa shape index (κ2) is 8.47. The van der Waals surface area contributed by atoms with E-state index in [1.807, 2.05) is 11.4 Å². The number of halogens is 1. The maximum Gasteiger partial charge on any atom is 0.290 e. The van der Waals surface area contributed by atoms with E-state index in [2.05, 4.69) is 14.7 Å². The summed E-state index contributed by atoms with van der Waals surface area (Å²) in [5.74, 6) is -0.367. The number of sulfonamides is 1. The van der Waals surface area contributed by atoms with Gasteiger partial charge in [0.25, 0.3) is 16.0 Å². The van der Waals surface area contributed by atoms with Crippen molar-refractivity contribution in [2.75, 3.05) is 13.2 Å². The van der Waals surface area contributed by atoms with Gasteiger partial charge in [0.1, 0.15) is 22.1 Å². The van der Waals surface area contributed by atoms with E-state index in [0.29, 0.717) is 28.2 Å². The first-order valence-corrected chi connectivity index (χ1v) is 12.3. The maximum absolute atomic E-state index is 12.7. The van der Waals surface area contributed by atoms with Crippen LogP contribution in [0.3, 0.4) is 0 Å². The number of likely N-dealkylation sites (tertiary alicyclic amines) is 1. The molecule has 0 aliphatic carbocycles. The van der Waals surface area contributed by atoms with Gasteiger partial charge in [-0.25, -0.2) is 18.4 Å². The van der Waals surface area contributed by atoms with Crippen molar-refractivity contribution in [3.63, 3.8) is 0 Å². The smallest absolute Gasteiger partial charge is 0.290 e. The molecule has 4 rings (SSSR count). The molecule has 30 heavy (non-hydrogen) atoms. The van der Waals surface area contributed by atoms with Crippen LogP contribution in [0, 0.1) is 0 Å².